The second-order valence-corrected chi connectivity index (χ2v) is 9.26. The molecule has 4 heterocycles. The fourth-order valence-electron chi connectivity index (χ4n) is 3.89. The molecule has 0 saturated carbocycles. The summed E-state index contributed by atoms with van der Waals surface area (Å²) in [5.41, 5.74) is 1.58. The molecule has 1 aliphatic rings. The van der Waals surface area contributed by atoms with Gasteiger partial charge < -0.3 is 34.3 Å². The number of aromatic amines is 1. The molecule has 3 N–H and O–H groups in total. The van der Waals surface area contributed by atoms with Gasteiger partial charge in [-0.1, -0.05) is 22.9 Å². The summed E-state index contributed by atoms with van der Waals surface area (Å²) in [6.07, 6.45) is 2.00. The van der Waals surface area contributed by atoms with Crippen LogP contribution in [0.1, 0.15) is 28.2 Å². The quantitative estimate of drug-likeness (QED) is 0.416. The minimum atomic E-state index is -1.44. The number of H-pyrrole nitrogens is 1. The Morgan fingerprint density at radius 2 is 2.23 bits per heavy atom. The largest absolute Gasteiger partial charge is 0.512 e. The molecule has 0 unspecified atom stereocenters. The lowest BCUT2D eigenvalue weighted by Crippen LogP contribution is -2.55. The third-order valence-electron chi connectivity index (χ3n) is 5.61. The molecule has 1 amide bonds. The molecular formula is C21H22ClN7O5S. The first-order chi connectivity index (χ1) is 16.7. The summed E-state index contributed by atoms with van der Waals surface area (Å²) in [5.74, 6) is -0.444. The van der Waals surface area contributed by atoms with E-state index in [0.29, 0.717) is 41.7 Å². The molecule has 2 atom stereocenters. The minimum Gasteiger partial charge on any atom is -0.449 e. The van der Waals surface area contributed by atoms with Gasteiger partial charge in [0.1, 0.15) is 28.7 Å². The minimum absolute atomic E-state index is 0.101. The van der Waals surface area contributed by atoms with Gasteiger partial charge in [0.15, 0.2) is 5.13 Å². The standard InChI is InChI=1S/C21H22ClN7O5S/c1-10-15(22)11(6-23)16(25-10)18(30)26-12-4-5-29(8-14(12)33-3)20-27-17(13-7-28(2)9-24-13)19(35-20)34-21(31)32/h7,9,12,14,25H,4-5,8H2,1-3H3,(H,26,30)(H,31,32)/t12-,14+/m1/s1. The van der Waals surface area contributed by atoms with E-state index >= 15 is 0 Å². The summed E-state index contributed by atoms with van der Waals surface area (Å²) in [6, 6.07) is 1.63. The van der Waals surface area contributed by atoms with Crippen LogP contribution in [0.15, 0.2) is 12.5 Å². The predicted molar refractivity (Wildman–Crippen MR) is 127 cm³/mol. The van der Waals surface area contributed by atoms with Crippen LogP contribution in [-0.2, 0) is 11.8 Å². The van der Waals surface area contributed by atoms with Crippen LogP contribution in [-0.4, -0.2) is 69.0 Å². The molecule has 1 saturated heterocycles. The maximum absolute atomic E-state index is 12.9. The van der Waals surface area contributed by atoms with Crippen molar-refractivity contribution >= 4 is 40.1 Å². The summed E-state index contributed by atoms with van der Waals surface area (Å²) in [6.45, 7) is 2.59. The number of methoxy groups -OCH3 is 1. The topological polar surface area (TPSA) is 158 Å². The number of halogens is 1. The number of thiazole rings is 1. The predicted octanol–water partition coefficient (Wildman–Crippen LogP) is 2.79. The van der Waals surface area contributed by atoms with Crippen LogP contribution < -0.4 is 15.0 Å². The van der Waals surface area contributed by atoms with Crippen molar-refractivity contribution in [1.29, 1.82) is 5.26 Å². The van der Waals surface area contributed by atoms with Gasteiger partial charge in [0.25, 0.3) is 5.91 Å². The molecule has 1 fully saturated rings. The number of nitriles is 1. The lowest BCUT2D eigenvalue weighted by molar-refractivity contribution is 0.0540. The lowest BCUT2D eigenvalue weighted by atomic mass is 10.0. The molecule has 0 radical (unpaired) electrons. The van der Waals surface area contributed by atoms with Crippen LogP contribution in [0, 0.1) is 18.3 Å². The number of nitrogens with zero attached hydrogens (tertiary/aromatic N) is 5. The number of amides is 1. The zero-order valence-electron chi connectivity index (χ0n) is 19.0. The first-order valence-corrected chi connectivity index (χ1v) is 11.7. The highest BCUT2D eigenvalue weighted by Crippen LogP contribution is 2.40. The molecule has 184 valence electrons. The van der Waals surface area contributed by atoms with Crippen LogP contribution in [0.2, 0.25) is 5.02 Å². The number of hydrogen-bond donors (Lipinski definition) is 3. The molecule has 0 aliphatic carbocycles. The van der Waals surface area contributed by atoms with E-state index in [9.17, 15) is 14.9 Å². The number of hydrogen-bond acceptors (Lipinski definition) is 9. The Kier molecular flexibility index (Phi) is 6.97. The van der Waals surface area contributed by atoms with E-state index in [4.69, 9.17) is 26.2 Å². The molecule has 3 aromatic rings. The van der Waals surface area contributed by atoms with Gasteiger partial charge in [-0.2, -0.15) is 5.26 Å². The molecular weight excluding hydrogens is 498 g/mol. The molecule has 35 heavy (non-hydrogen) atoms. The number of imidazole rings is 1. The molecule has 3 aromatic heterocycles. The molecule has 4 rings (SSSR count). The number of aromatic nitrogens is 4. The first kappa shape index (κ1) is 24.5. The van der Waals surface area contributed by atoms with E-state index in [1.54, 1.807) is 38.2 Å². The highest BCUT2D eigenvalue weighted by molar-refractivity contribution is 7.18. The van der Waals surface area contributed by atoms with Crippen molar-refractivity contribution in [1.82, 2.24) is 24.8 Å². The Labute approximate surface area is 209 Å². The molecule has 0 spiro atoms. The normalized spacial score (nSPS) is 17.7. The molecule has 14 heteroatoms. The highest BCUT2D eigenvalue weighted by atomic mass is 35.5. The molecule has 0 bridgehead atoms. The van der Waals surface area contributed by atoms with Crippen molar-refractivity contribution < 1.29 is 24.2 Å². The van der Waals surface area contributed by atoms with E-state index in [1.165, 1.54) is 0 Å². The summed E-state index contributed by atoms with van der Waals surface area (Å²) in [4.78, 5) is 37.7. The average Bonchev–Trinajstić information content (AvgIpc) is 3.51. The van der Waals surface area contributed by atoms with E-state index < -0.39 is 18.2 Å². The molecule has 1 aliphatic heterocycles. The number of ether oxygens (including phenoxy) is 2. The van der Waals surface area contributed by atoms with Gasteiger partial charge in [-0.15, -0.1) is 0 Å². The monoisotopic (exact) mass is 519 g/mol. The van der Waals surface area contributed by atoms with Gasteiger partial charge in [-0.25, -0.2) is 14.8 Å². The fraction of sp³-hybridized carbons (Fsp3) is 0.381. The Morgan fingerprint density at radius 3 is 2.86 bits per heavy atom. The molecule has 0 aromatic carbocycles. The van der Waals surface area contributed by atoms with Crippen molar-refractivity contribution in [2.45, 2.75) is 25.5 Å². The van der Waals surface area contributed by atoms with Crippen molar-refractivity contribution in [3.05, 3.63) is 34.5 Å². The summed E-state index contributed by atoms with van der Waals surface area (Å²) >= 11 is 7.21. The third-order valence-corrected chi connectivity index (χ3v) is 7.08. The number of carbonyl (C=O) groups is 2. The smallest absolute Gasteiger partial charge is 0.449 e. The van der Waals surface area contributed by atoms with Crippen LogP contribution in [0.25, 0.3) is 11.4 Å². The average molecular weight is 520 g/mol. The molecule has 12 nitrogen and oxygen atoms in total. The van der Waals surface area contributed by atoms with Gasteiger partial charge in [-0.3, -0.25) is 4.79 Å². The van der Waals surface area contributed by atoms with E-state index in [0.717, 1.165) is 11.3 Å². The summed E-state index contributed by atoms with van der Waals surface area (Å²) in [7, 11) is 3.34. The van der Waals surface area contributed by atoms with Crippen molar-refractivity contribution in [3.8, 4) is 22.5 Å². The van der Waals surface area contributed by atoms with Gasteiger partial charge in [-0.05, 0) is 13.3 Å². The number of carboxylic acid groups (broad SMARTS) is 1. The second-order valence-electron chi connectivity index (χ2n) is 7.94. The van der Waals surface area contributed by atoms with Gasteiger partial charge in [0.2, 0.25) is 5.06 Å². The first-order valence-electron chi connectivity index (χ1n) is 10.5. The lowest BCUT2D eigenvalue weighted by Gasteiger charge is -2.37. The highest BCUT2D eigenvalue weighted by Gasteiger charge is 2.34. The SMILES string of the molecule is CO[C@H]1CN(c2nc(-c3cn(C)cn3)c(OC(=O)O)s2)CC[C@H]1NC(=O)c1[nH]c(C)c(Cl)c1C#N. The second kappa shape index (κ2) is 9.95. The maximum atomic E-state index is 12.9. The Balaban J connectivity index is 1.52. The van der Waals surface area contributed by atoms with Crippen molar-refractivity contribution in [2.24, 2.45) is 7.05 Å². The maximum Gasteiger partial charge on any atom is 0.512 e. The Bertz CT molecular complexity index is 1310. The van der Waals surface area contributed by atoms with E-state index in [2.05, 4.69) is 20.3 Å². The Hall–Kier alpha value is -3.60. The number of aryl methyl sites for hydroxylation is 2. The van der Waals surface area contributed by atoms with Gasteiger partial charge in [0, 0.05) is 39.1 Å². The number of nitrogens with one attached hydrogen (secondary N) is 2. The van der Waals surface area contributed by atoms with Crippen LogP contribution >= 0.6 is 22.9 Å². The van der Waals surface area contributed by atoms with Crippen molar-refractivity contribution in [3.63, 3.8) is 0 Å². The van der Waals surface area contributed by atoms with E-state index in [-0.39, 0.29) is 27.4 Å². The number of piperidine rings is 1. The fourth-order valence-corrected chi connectivity index (χ4v) is 5.03. The third kappa shape index (κ3) is 4.95. The van der Waals surface area contributed by atoms with Crippen LogP contribution in [0.3, 0.4) is 0 Å². The summed E-state index contributed by atoms with van der Waals surface area (Å²) in [5, 5.41) is 22.3. The number of anilines is 1. The van der Waals surface area contributed by atoms with E-state index in [1.807, 2.05) is 11.0 Å². The van der Waals surface area contributed by atoms with Crippen LogP contribution in [0.4, 0.5) is 9.93 Å². The zero-order valence-corrected chi connectivity index (χ0v) is 20.6. The van der Waals surface area contributed by atoms with Crippen molar-refractivity contribution in [2.75, 3.05) is 25.1 Å². The number of rotatable bonds is 6. The van der Waals surface area contributed by atoms with Gasteiger partial charge >= 0.3 is 6.16 Å². The van der Waals surface area contributed by atoms with Crippen LogP contribution in [0.5, 0.6) is 5.06 Å². The number of carbonyl (C=O) groups excluding carboxylic acids is 1. The zero-order chi connectivity index (χ0) is 25.3. The Morgan fingerprint density at radius 1 is 1.46 bits per heavy atom. The summed E-state index contributed by atoms with van der Waals surface area (Å²) < 4.78 is 12.3. The van der Waals surface area contributed by atoms with Gasteiger partial charge in [0.05, 0.1) is 23.5 Å².